The quantitative estimate of drug-likeness (QED) is 0.677. The second-order valence-corrected chi connectivity index (χ2v) is 7.11. The molecule has 6 heteroatoms. The maximum Gasteiger partial charge on any atom is 0.293 e. The smallest absolute Gasteiger partial charge is 0.293 e. The highest BCUT2D eigenvalue weighted by molar-refractivity contribution is 5.96. The van der Waals surface area contributed by atoms with Crippen molar-refractivity contribution in [1.29, 1.82) is 0 Å². The first-order valence-electron chi connectivity index (χ1n) is 8.89. The van der Waals surface area contributed by atoms with Crippen molar-refractivity contribution in [3.8, 4) is 0 Å². The zero-order valence-corrected chi connectivity index (χ0v) is 14.2. The van der Waals surface area contributed by atoms with Crippen LogP contribution in [0.3, 0.4) is 0 Å². The van der Waals surface area contributed by atoms with Crippen LogP contribution in [0.5, 0.6) is 0 Å². The molecule has 1 aromatic rings. The van der Waals surface area contributed by atoms with Crippen LogP contribution >= 0.6 is 0 Å². The standard InChI is InChI=1S/C18H25N3O3/c1-13-5-4-10-20(12-13)16-9-8-14(11-17(16)21(23)24)18(22)19-15-6-2-3-7-15/h8-9,11,13,15H,2-7,10,12H2,1H3,(H,19,22). The van der Waals surface area contributed by atoms with Crippen molar-refractivity contribution >= 4 is 17.3 Å². The van der Waals surface area contributed by atoms with Crippen LogP contribution in [0, 0.1) is 16.0 Å². The van der Waals surface area contributed by atoms with E-state index in [0.717, 1.165) is 51.6 Å². The zero-order valence-electron chi connectivity index (χ0n) is 14.2. The van der Waals surface area contributed by atoms with Crippen LogP contribution in [0.1, 0.15) is 55.8 Å². The summed E-state index contributed by atoms with van der Waals surface area (Å²) >= 11 is 0. The Kier molecular flexibility index (Phi) is 5.02. The summed E-state index contributed by atoms with van der Waals surface area (Å²) in [5.41, 5.74) is 1.04. The van der Waals surface area contributed by atoms with Crippen molar-refractivity contribution in [2.45, 2.75) is 51.5 Å². The maximum atomic E-state index is 12.4. The lowest BCUT2D eigenvalue weighted by Crippen LogP contribution is -2.35. The summed E-state index contributed by atoms with van der Waals surface area (Å²) in [5, 5.41) is 14.5. The summed E-state index contributed by atoms with van der Waals surface area (Å²) in [6.45, 7) is 3.83. The van der Waals surface area contributed by atoms with Gasteiger partial charge >= 0.3 is 0 Å². The van der Waals surface area contributed by atoms with Crippen molar-refractivity contribution in [1.82, 2.24) is 5.32 Å². The highest BCUT2D eigenvalue weighted by atomic mass is 16.6. The van der Waals surface area contributed by atoms with E-state index in [2.05, 4.69) is 17.1 Å². The van der Waals surface area contributed by atoms with Gasteiger partial charge in [-0.25, -0.2) is 0 Å². The van der Waals surface area contributed by atoms with Gasteiger partial charge in [-0.15, -0.1) is 0 Å². The number of hydrogen-bond acceptors (Lipinski definition) is 4. The van der Waals surface area contributed by atoms with Crippen LogP contribution < -0.4 is 10.2 Å². The fourth-order valence-corrected chi connectivity index (χ4v) is 3.83. The van der Waals surface area contributed by atoms with Crippen LogP contribution in [0.2, 0.25) is 0 Å². The fourth-order valence-electron chi connectivity index (χ4n) is 3.83. The van der Waals surface area contributed by atoms with Crippen LogP contribution in [0.15, 0.2) is 18.2 Å². The molecule has 0 bridgehead atoms. The van der Waals surface area contributed by atoms with E-state index in [0.29, 0.717) is 17.2 Å². The van der Waals surface area contributed by atoms with E-state index >= 15 is 0 Å². The van der Waals surface area contributed by atoms with E-state index in [9.17, 15) is 14.9 Å². The lowest BCUT2D eigenvalue weighted by atomic mass is 9.99. The Hall–Kier alpha value is -2.11. The molecule has 24 heavy (non-hydrogen) atoms. The Morgan fingerprint density at radius 1 is 1.25 bits per heavy atom. The largest absolute Gasteiger partial charge is 0.366 e. The summed E-state index contributed by atoms with van der Waals surface area (Å²) in [5.74, 6) is 0.326. The van der Waals surface area contributed by atoms with Crippen molar-refractivity contribution in [3.05, 3.63) is 33.9 Å². The summed E-state index contributed by atoms with van der Waals surface area (Å²) in [7, 11) is 0. The van der Waals surface area contributed by atoms with Gasteiger partial charge in [0.05, 0.1) is 4.92 Å². The number of amides is 1. The van der Waals surface area contributed by atoms with Crippen LogP contribution in [-0.4, -0.2) is 30.0 Å². The molecule has 1 aliphatic heterocycles. The van der Waals surface area contributed by atoms with E-state index in [1.54, 1.807) is 12.1 Å². The predicted octanol–water partition coefficient (Wildman–Crippen LogP) is 3.50. The number of nitro groups is 1. The van der Waals surface area contributed by atoms with E-state index in [1.165, 1.54) is 6.07 Å². The monoisotopic (exact) mass is 331 g/mol. The molecule has 1 amide bonds. The third-order valence-corrected chi connectivity index (χ3v) is 5.12. The van der Waals surface area contributed by atoms with Gasteiger partial charge in [0.25, 0.3) is 11.6 Å². The minimum atomic E-state index is -0.374. The first-order chi connectivity index (χ1) is 11.5. The molecule has 1 saturated carbocycles. The Bertz CT molecular complexity index is 626. The summed E-state index contributed by atoms with van der Waals surface area (Å²) in [6.07, 6.45) is 6.47. The zero-order chi connectivity index (χ0) is 17.1. The molecule has 1 unspecified atom stereocenters. The molecule has 1 heterocycles. The van der Waals surface area contributed by atoms with Gasteiger partial charge in [0.2, 0.25) is 0 Å². The number of benzene rings is 1. The molecule has 1 aromatic carbocycles. The maximum absolute atomic E-state index is 12.4. The molecule has 130 valence electrons. The second kappa shape index (κ2) is 7.20. The second-order valence-electron chi connectivity index (χ2n) is 7.11. The van der Waals surface area contributed by atoms with E-state index in [1.807, 2.05) is 0 Å². The normalized spacial score (nSPS) is 21.7. The molecule has 1 saturated heterocycles. The average Bonchev–Trinajstić information content (AvgIpc) is 3.07. The number of anilines is 1. The number of carbonyl (C=O) groups is 1. The molecule has 3 rings (SSSR count). The van der Waals surface area contributed by atoms with E-state index < -0.39 is 0 Å². The number of rotatable bonds is 4. The molecular weight excluding hydrogens is 306 g/mol. The summed E-state index contributed by atoms with van der Waals surface area (Å²) in [6, 6.07) is 5.09. The Labute approximate surface area is 142 Å². The summed E-state index contributed by atoms with van der Waals surface area (Å²) < 4.78 is 0. The van der Waals surface area contributed by atoms with Gasteiger partial charge in [-0.2, -0.15) is 0 Å². The molecule has 1 N–H and O–H groups in total. The molecule has 6 nitrogen and oxygen atoms in total. The van der Waals surface area contributed by atoms with Gasteiger partial charge in [0.1, 0.15) is 5.69 Å². The SMILES string of the molecule is CC1CCCN(c2ccc(C(=O)NC3CCCC3)cc2[N+](=O)[O-])C1. The lowest BCUT2D eigenvalue weighted by molar-refractivity contribution is -0.384. The number of nitrogens with one attached hydrogen (secondary N) is 1. The van der Waals surface area contributed by atoms with Crippen LogP contribution in [0.4, 0.5) is 11.4 Å². The first-order valence-corrected chi connectivity index (χ1v) is 8.89. The number of piperidine rings is 1. The highest BCUT2D eigenvalue weighted by Crippen LogP contribution is 2.32. The van der Waals surface area contributed by atoms with Crippen LogP contribution in [-0.2, 0) is 0 Å². The van der Waals surface area contributed by atoms with Gasteiger partial charge in [-0.1, -0.05) is 19.8 Å². The van der Waals surface area contributed by atoms with E-state index in [4.69, 9.17) is 0 Å². The number of nitro benzene ring substituents is 1. The van der Waals surface area contributed by atoms with Crippen molar-refractivity contribution in [3.63, 3.8) is 0 Å². The van der Waals surface area contributed by atoms with Gasteiger partial charge in [0, 0.05) is 30.8 Å². The Morgan fingerprint density at radius 2 is 2.00 bits per heavy atom. The van der Waals surface area contributed by atoms with Gasteiger partial charge in [-0.3, -0.25) is 14.9 Å². The minimum absolute atomic E-state index is 0.0307. The van der Waals surface area contributed by atoms with E-state index in [-0.39, 0.29) is 22.6 Å². The molecular formula is C18H25N3O3. The number of hydrogen-bond donors (Lipinski definition) is 1. The predicted molar refractivity (Wildman–Crippen MR) is 93.4 cm³/mol. The number of nitrogens with zero attached hydrogens (tertiary/aromatic N) is 2. The molecule has 1 atom stereocenters. The third-order valence-electron chi connectivity index (χ3n) is 5.12. The third kappa shape index (κ3) is 3.68. The van der Waals surface area contributed by atoms with Gasteiger partial charge in [-0.05, 0) is 43.7 Å². The molecule has 0 spiro atoms. The minimum Gasteiger partial charge on any atom is -0.366 e. The van der Waals surface area contributed by atoms with Crippen LogP contribution in [0.25, 0.3) is 0 Å². The molecule has 2 aliphatic rings. The molecule has 2 fully saturated rings. The fraction of sp³-hybridized carbons (Fsp3) is 0.611. The molecule has 0 aromatic heterocycles. The highest BCUT2D eigenvalue weighted by Gasteiger charge is 2.26. The van der Waals surface area contributed by atoms with Crippen molar-refractivity contribution in [2.24, 2.45) is 5.92 Å². The van der Waals surface area contributed by atoms with Gasteiger partial charge < -0.3 is 10.2 Å². The van der Waals surface area contributed by atoms with Crippen molar-refractivity contribution in [2.75, 3.05) is 18.0 Å². The molecule has 0 radical (unpaired) electrons. The first kappa shape index (κ1) is 16.7. The van der Waals surface area contributed by atoms with Crippen molar-refractivity contribution < 1.29 is 9.72 Å². The summed E-state index contributed by atoms with van der Waals surface area (Å²) in [4.78, 5) is 25.6. The average molecular weight is 331 g/mol. The number of carbonyl (C=O) groups excluding carboxylic acids is 1. The topological polar surface area (TPSA) is 75.5 Å². The lowest BCUT2D eigenvalue weighted by Gasteiger charge is -2.32. The molecule has 1 aliphatic carbocycles. The Balaban J connectivity index is 1.81. The van der Waals surface area contributed by atoms with Gasteiger partial charge in [0.15, 0.2) is 0 Å². The Morgan fingerprint density at radius 3 is 2.67 bits per heavy atom.